The van der Waals surface area contributed by atoms with Crippen LogP contribution in [0.25, 0.3) is 0 Å². The Morgan fingerprint density at radius 2 is 2.29 bits per heavy atom. The first-order chi connectivity index (χ1) is 10.1. The molecular formula is C15H17N3O2S. The van der Waals surface area contributed by atoms with Crippen molar-refractivity contribution in [3.63, 3.8) is 0 Å². The van der Waals surface area contributed by atoms with E-state index >= 15 is 0 Å². The lowest BCUT2D eigenvalue weighted by molar-refractivity contribution is -0.122. The van der Waals surface area contributed by atoms with Crippen LogP contribution < -0.4 is 5.32 Å². The van der Waals surface area contributed by atoms with E-state index < -0.39 is 0 Å². The van der Waals surface area contributed by atoms with Crippen LogP contribution in [0.4, 0.5) is 0 Å². The summed E-state index contributed by atoms with van der Waals surface area (Å²) in [4.78, 5) is 13.8. The molecule has 0 aliphatic heterocycles. The first-order valence-corrected chi connectivity index (χ1v) is 7.36. The zero-order valence-electron chi connectivity index (χ0n) is 12.0. The molecule has 2 heterocycles. The third-order valence-corrected chi connectivity index (χ3v) is 3.81. The minimum Gasteiger partial charge on any atom is -0.384 e. The van der Waals surface area contributed by atoms with E-state index in [1.165, 1.54) is 11.3 Å². The Morgan fingerprint density at radius 1 is 1.48 bits per heavy atom. The molecule has 0 radical (unpaired) electrons. The molecule has 0 atom stereocenters. The van der Waals surface area contributed by atoms with E-state index in [-0.39, 0.29) is 19.1 Å². The van der Waals surface area contributed by atoms with Crippen LogP contribution in [0.1, 0.15) is 21.1 Å². The molecule has 0 bridgehead atoms. The number of hydrogen-bond acceptors (Lipinski definition) is 4. The van der Waals surface area contributed by atoms with Gasteiger partial charge < -0.3 is 10.4 Å². The molecule has 0 unspecified atom stereocenters. The Kier molecular flexibility index (Phi) is 5.14. The second-order valence-electron chi connectivity index (χ2n) is 4.59. The van der Waals surface area contributed by atoms with Gasteiger partial charge in [-0.2, -0.15) is 5.10 Å². The van der Waals surface area contributed by atoms with Gasteiger partial charge in [0.05, 0.1) is 17.1 Å². The maximum Gasteiger partial charge on any atom is 0.242 e. The van der Waals surface area contributed by atoms with Crippen molar-refractivity contribution in [1.82, 2.24) is 15.1 Å². The van der Waals surface area contributed by atoms with Gasteiger partial charge in [-0.1, -0.05) is 11.8 Å². The number of nitrogens with zero attached hydrogens (tertiary/aromatic N) is 2. The fourth-order valence-corrected chi connectivity index (χ4v) is 2.70. The van der Waals surface area contributed by atoms with Crippen LogP contribution in [0.5, 0.6) is 0 Å². The number of carbonyl (C=O) groups excluding carboxylic acids is 1. The van der Waals surface area contributed by atoms with E-state index in [4.69, 9.17) is 5.11 Å². The molecule has 2 aromatic rings. The Hall–Kier alpha value is -2.10. The second-order valence-corrected chi connectivity index (χ2v) is 5.76. The Balaban J connectivity index is 1.86. The van der Waals surface area contributed by atoms with Crippen molar-refractivity contribution in [3.05, 3.63) is 39.3 Å². The first kappa shape index (κ1) is 15.3. The third kappa shape index (κ3) is 4.45. The Morgan fingerprint density at radius 3 is 2.95 bits per heavy atom. The maximum atomic E-state index is 11.9. The summed E-state index contributed by atoms with van der Waals surface area (Å²) in [5.41, 5.74) is 1.88. The van der Waals surface area contributed by atoms with Gasteiger partial charge in [0.25, 0.3) is 0 Å². The zero-order chi connectivity index (χ0) is 15.2. The Bertz CT molecular complexity index is 691. The normalized spacial score (nSPS) is 10.0. The highest BCUT2D eigenvalue weighted by atomic mass is 32.1. The highest BCUT2D eigenvalue weighted by Crippen LogP contribution is 2.15. The number of aliphatic hydroxyl groups excluding tert-OH is 1. The van der Waals surface area contributed by atoms with E-state index in [0.717, 1.165) is 21.1 Å². The predicted molar refractivity (Wildman–Crippen MR) is 81.8 cm³/mol. The fourth-order valence-electron chi connectivity index (χ4n) is 1.88. The first-order valence-electron chi connectivity index (χ1n) is 6.54. The summed E-state index contributed by atoms with van der Waals surface area (Å²) in [6.07, 6.45) is 0. The summed E-state index contributed by atoms with van der Waals surface area (Å²) in [7, 11) is 0. The van der Waals surface area contributed by atoms with Gasteiger partial charge in [-0.3, -0.25) is 9.48 Å². The van der Waals surface area contributed by atoms with Crippen LogP contribution in [0.3, 0.4) is 0 Å². The fraction of sp³-hybridized carbons (Fsp3) is 0.333. The van der Waals surface area contributed by atoms with Gasteiger partial charge in [-0.15, -0.1) is 11.3 Å². The number of thiophene rings is 1. The summed E-state index contributed by atoms with van der Waals surface area (Å²) < 4.78 is 1.69. The Labute approximate surface area is 127 Å². The molecule has 0 spiro atoms. The minimum absolute atomic E-state index is 0.0717. The molecule has 0 aliphatic rings. The summed E-state index contributed by atoms with van der Waals surface area (Å²) >= 11 is 1.51. The summed E-state index contributed by atoms with van der Waals surface area (Å²) in [5.74, 6) is 5.37. The lowest BCUT2D eigenvalue weighted by Crippen LogP contribution is -2.27. The number of carbonyl (C=O) groups is 1. The van der Waals surface area contributed by atoms with Gasteiger partial charge in [0.2, 0.25) is 5.91 Å². The minimum atomic E-state index is -0.146. The molecule has 0 fully saturated rings. The van der Waals surface area contributed by atoms with Gasteiger partial charge in [0, 0.05) is 10.6 Å². The number of hydrogen-bond donors (Lipinski definition) is 2. The van der Waals surface area contributed by atoms with Crippen molar-refractivity contribution in [3.8, 4) is 11.8 Å². The van der Waals surface area contributed by atoms with Gasteiger partial charge in [-0.05, 0) is 32.0 Å². The van der Waals surface area contributed by atoms with Crippen molar-refractivity contribution in [2.75, 3.05) is 6.61 Å². The van der Waals surface area contributed by atoms with Crippen LogP contribution in [0.2, 0.25) is 0 Å². The SMILES string of the molecule is Cc1cc(C)n(CC(=O)NCc2ccc(C#CCO)s2)n1. The van der Waals surface area contributed by atoms with Crippen molar-refractivity contribution in [1.29, 1.82) is 0 Å². The quantitative estimate of drug-likeness (QED) is 0.835. The van der Waals surface area contributed by atoms with Crippen molar-refractivity contribution < 1.29 is 9.90 Å². The molecule has 0 aromatic carbocycles. The molecular weight excluding hydrogens is 286 g/mol. The highest BCUT2D eigenvalue weighted by molar-refractivity contribution is 7.12. The van der Waals surface area contributed by atoms with Crippen molar-refractivity contribution >= 4 is 17.2 Å². The lowest BCUT2D eigenvalue weighted by atomic mass is 10.4. The molecule has 0 saturated carbocycles. The molecule has 2 aromatic heterocycles. The largest absolute Gasteiger partial charge is 0.384 e. The molecule has 21 heavy (non-hydrogen) atoms. The van der Waals surface area contributed by atoms with E-state index in [1.807, 2.05) is 32.0 Å². The number of aryl methyl sites for hydroxylation is 2. The van der Waals surface area contributed by atoms with Gasteiger partial charge in [0.1, 0.15) is 13.2 Å². The number of aromatic nitrogens is 2. The molecule has 2 N–H and O–H groups in total. The molecule has 5 nitrogen and oxygen atoms in total. The molecule has 0 aliphatic carbocycles. The highest BCUT2D eigenvalue weighted by Gasteiger charge is 2.07. The van der Waals surface area contributed by atoms with Crippen LogP contribution in [-0.4, -0.2) is 27.4 Å². The number of aliphatic hydroxyl groups is 1. The molecule has 2 rings (SSSR count). The van der Waals surface area contributed by atoms with E-state index in [1.54, 1.807) is 4.68 Å². The van der Waals surface area contributed by atoms with E-state index in [2.05, 4.69) is 22.3 Å². The standard InChI is InChI=1S/C15H17N3O2S/c1-11-8-12(2)18(17-11)10-15(20)16-9-14-6-5-13(21-14)4-3-7-19/h5-6,8,19H,7,9-10H2,1-2H3,(H,16,20). The number of amides is 1. The monoisotopic (exact) mass is 303 g/mol. The average Bonchev–Trinajstić information content (AvgIpc) is 3.01. The van der Waals surface area contributed by atoms with Gasteiger partial charge in [0.15, 0.2) is 0 Å². The summed E-state index contributed by atoms with van der Waals surface area (Å²) in [6, 6.07) is 5.75. The van der Waals surface area contributed by atoms with Crippen LogP contribution in [-0.2, 0) is 17.9 Å². The number of nitrogens with one attached hydrogen (secondary N) is 1. The van der Waals surface area contributed by atoms with Crippen molar-refractivity contribution in [2.45, 2.75) is 26.9 Å². The molecule has 1 amide bonds. The van der Waals surface area contributed by atoms with Crippen LogP contribution in [0, 0.1) is 25.7 Å². The summed E-state index contributed by atoms with van der Waals surface area (Å²) in [5, 5.41) is 15.8. The van der Waals surface area contributed by atoms with Gasteiger partial charge in [-0.25, -0.2) is 0 Å². The van der Waals surface area contributed by atoms with Crippen molar-refractivity contribution in [2.24, 2.45) is 0 Å². The van der Waals surface area contributed by atoms with Crippen LogP contribution >= 0.6 is 11.3 Å². The second kappa shape index (κ2) is 7.07. The summed E-state index contributed by atoms with van der Waals surface area (Å²) in [6.45, 7) is 4.39. The smallest absolute Gasteiger partial charge is 0.242 e. The predicted octanol–water partition coefficient (Wildman–Crippen LogP) is 1.22. The average molecular weight is 303 g/mol. The third-order valence-electron chi connectivity index (χ3n) is 2.81. The molecule has 6 heteroatoms. The van der Waals surface area contributed by atoms with E-state index in [9.17, 15) is 4.79 Å². The topological polar surface area (TPSA) is 67.2 Å². The maximum absolute atomic E-state index is 11.9. The number of rotatable bonds is 4. The molecule has 110 valence electrons. The van der Waals surface area contributed by atoms with Gasteiger partial charge >= 0.3 is 0 Å². The van der Waals surface area contributed by atoms with E-state index in [0.29, 0.717) is 6.54 Å². The lowest BCUT2D eigenvalue weighted by Gasteiger charge is -2.05. The van der Waals surface area contributed by atoms with Crippen LogP contribution in [0.15, 0.2) is 18.2 Å². The molecule has 0 saturated heterocycles. The zero-order valence-corrected chi connectivity index (χ0v) is 12.8.